The fourth-order valence-electron chi connectivity index (χ4n) is 1.53. The van der Waals surface area contributed by atoms with Gasteiger partial charge in [0.1, 0.15) is 0 Å². The van der Waals surface area contributed by atoms with Crippen molar-refractivity contribution in [2.45, 2.75) is 26.2 Å². The smallest absolute Gasteiger partial charge is 0.0958 e. The summed E-state index contributed by atoms with van der Waals surface area (Å²) in [5, 5.41) is 0. The molecule has 0 aromatic carbocycles. The second-order valence-electron chi connectivity index (χ2n) is 3.41. The molecule has 1 nitrogen and oxygen atoms in total. The Morgan fingerprint density at radius 3 is 2.71 bits per heavy atom. The molecule has 0 aromatic heterocycles. The van der Waals surface area contributed by atoms with E-state index in [0.29, 0.717) is 0 Å². The molecule has 0 N–H and O–H groups in total. The fraction of sp³-hybridized carbons (Fsp3) is 0.385. The summed E-state index contributed by atoms with van der Waals surface area (Å²) in [6.07, 6.45) is 11.4. The minimum absolute atomic E-state index is 1.02. The van der Waals surface area contributed by atoms with Gasteiger partial charge in [0, 0.05) is 6.42 Å². The molecule has 0 aliphatic heterocycles. The van der Waals surface area contributed by atoms with E-state index in [-0.39, 0.29) is 0 Å². The maximum Gasteiger partial charge on any atom is 0.0958 e. The van der Waals surface area contributed by atoms with Crippen LogP contribution in [0.3, 0.4) is 0 Å². The van der Waals surface area contributed by atoms with Crippen molar-refractivity contribution in [3.8, 4) is 0 Å². The van der Waals surface area contributed by atoms with Crippen LogP contribution >= 0.6 is 0 Å². The van der Waals surface area contributed by atoms with Crippen molar-refractivity contribution in [3.05, 3.63) is 47.8 Å². The molecule has 0 bridgehead atoms. The number of rotatable bonds is 4. The Bertz CT molecular complexity index is 292. The lowest BCUT2D eigenvalue weighted by molar-refractivity contribution is 0.275. The topological polar surface area (TPSA) is 9.23 Å². The van der Waals surface area contributed by atoms with Gasteiger partial charge in [-0.05, 0) is 31.4 Å². The zero-order valence-electron chi connectivity index (χ0n) is 9.05. The highest BCUT2D eigenvalue weighted by Crippen LogP contribution is 2.23. The molecule has 1 rings (SSSR count). The van der Waals surface area contributed by atoms with Gasteiger partial charge in [-0.25, -0.2) is 0 Å². The second kappa shape index (κ2) is 5.48. The lowest BCUT2D eigenvalue weighted by Gasteiger charge is -2.13. The van der Waals surface area contributed by atoms with Crippen molar-refractivity contribution in [2.75, 3.05) is 7.11 Å². The monoisotopic (exact) mass is 190 g/mol. The molecule has 76 valence electrons. The molecule has 0 fully saturated rings. The Hall–Kier alpha value is -1.24. The Kier molecular flexibility index (Phi) is 4.24. The minimum atomic E-state index is 1.02. The van der Waals surface area contributed by atoms with Crippen molar-refractivity contribution in [1.82, 2.24) is 0 Å². The Labute approximate surface area is 86.5 Å². The van der Waals surface area contributed by atoms with Crippen molar-refractivity contribution in [2.24, 2.45) is 0 Å². The number of hydrogen-bond donors (Lipinski definition) is 0. The second-order valence-corrected chi connectivity index (χ2v) is 3.41. The molecule has 0 radical (unpaired) electrons. The molecule has 1 aliphatic rings. The molecule has 0 saturated carbocycles. The molecular weight excluding hydrogens is 172 g/mol. The highest BCUT2D eigenvalue weighted by Gasteiger charge is 2.06. The van der Waals surface area contributed by atoms with Crippen molar-refractivity contribution >= 4 is 0 Å². The highest BCUT2D eigenvalue weighted by molar-refractivity contribution is 5.28. The molecule has 0 saturated heterocycles. The zero-order chi connectivity index (χ0) is 10.4. The Morgan fingerprint density at radius 1 is 1.50 bits per heavy atom. The van der Waals surface area contributed by atoms with Crippen LogP contribution in [0.2, 0.25) is 0 Å². The van der Waals surface area contributed by atoms with Gasteiger partial charge in [-0.2, -0.15) is 0 Å². The van der Waals surface area contributed by atoms with E-state index < -0.39 is 0 Å². The van der Waals surface area contributed by atoms with Gasteiger partial charge in [-0.15, -0.1) is 0 Å². The SMILES string of the molecule is C=C/C(=C\C)CC1=CC=C(OC)CC1. The van der Waals surface area contributed by atoms with Gasteiger partial charge in [0.05, 0.1) is 12.9 Å². The van der Waals surface area contributed by atoms with Crippen molar-refractivity contribution < 1.29 is 4.74 Å². The van der Waals surface area contributed by atoms with Crippen LogP contribution in [0.4, 0.5) is 0 Å². The van der Waals surface area contributed by atoms with Crippen LogP contribution in [-0.4, -0.2) is 7.11 Å². The molecule has 0 unspecified atom stereocenters. The molecule has 0 spiro atoms. The van der Waals surface area contributed by atoms with Gasteiger partial charge in [-0.1, -0.05) is 30.4 Å². The summed E-state index contributed by atoms with van der Waals surface area (Å²) in [5.74, 6) is 1.08. The van der Waals surface area contributed by atoms with Gasteiger partial charge in [-0.3, -0.25) is 0 Å². The number of allylic oxidation sites excluding steroid dienone is 7. The van der Waals surface area contributed by atoms with Crippen molar-refractivity contribution in [1.29, 1.82) is 0 Å². The largest absolute Gasteiger partial charge is 0.501 e. The zero-order valence-corrected chi connectivity index (χ0v) is 9.05. The van der Waals surface area contributed by atoms with Gasteiger partial charge in [0.15, 0.2) is 0 Å². The Morgan fingerprint density at radius 2 is 2.29 bits per heavy atom. The summed E-state index contributed by atoms with van der Waals surface area (Å²) in [6.45, 7) is 5.85. The summed E-state index contributed by atoms with van der Waals surface area (Å²) < 4.78 is 5.18. The van der Waals surface area contributed by atoms with E-state index in [9.17, 15) is 0 Å². The van der Waals surface area contributed by atoms with Crippen LogP contribution in [0.1, 0.15) is 26.2 Å². The summed E-state index contributed by atoms with van der Waals surface area (Å²) in [4.78, 5) is 0. The third kappa shape index (κ3) is 2.91. The van der Waals surface area contributed by atoms with E-state index in [2.05, 4.69) is 31.7 Å². The average Bonchev–Trinajstić information content (AvgIpc) is 2.26. The van der Waals surface area contributed by atoms with Crippen LogP contribution < -0.4 is 0 Å². The number of hydrogen-bond acceptors (Lipinski definition) is 1. The summed E-state index contributed by atoms with van der Waals surface area (Å²) >= 11 is 0. The first-order valence-corrected chi connectivity index (χ1v) is 5.00. The lowest BCUT2D eigenvalue weighted by Crippen LogP contribution is -1.96. The summed E-state index contributed by atoms with van der Waals surface area (Å²) in [5.41, 5.74) is 2.75. The standard InChI is InChI=1S/C13H18O/c1-4-11(5-2)10-12-6-8-13(14-3)9-7-12/h4-6,8H,1,7,9-10H2,2-3H3/b11-5+. The van der Waals surface area contributed by atoms with E-state index in [1.54, 1.807) is 7.11 Å². The van der Waals surface area contributed by atoms with Gasteiger partial charge >= 0.3 is 0 Å². The van der Waals surface area contributed by atoms with E-state index in [0.717, 1.165) is 25.0 Å². The first-order chi connectivity index (χ1) is 6.80. The van der Waals surface area contributed by atoms with Crippen LogP contribution in [0.5, 0.6) is 0 Å². The molecule has 0 amide bonds. The summed E-state index contributed by atoms with van der Waals surface area (Å²) in [7, 11) is 1.73. The predicted octanol–water partition coefficient (Wildman–Crippen LogP) is 3.76. The van der Waals surface area contributed by atoms with Gasteiger partial charge in [0.2, 0.25) is 0 Å². The Balaban J connectivity index is 2.60. The van der Waals surface area contributed by atoms with E-state index in [4.69, 9.17) is 4.74 Å². The maximum absolute atomic E-state index is 5.18. The van der Waals surface area contributed by atoms with E-state index in [1.165, 1.54) is 11.1 Å². The van der Waals surface area contributed by atoms with Gasteiger partial charge < -0.3 is 4.74 Å². The normalized spacial score (nSPS) is 17.1. The number of ether oxygens (including phenoxy) is 1. The van der Waals surface area contributed by atoms with Crippen LogP contribution in [0.15, 0.2) is 47.8 Å². The van der Waals surface area contributed by atoms with Crippen LogP contribution in [0, 0.1) is 0 Å². The third-order valence-corrected chi connectivity index (χ3v) is 2.52. The van der Waals surface area contributed by atoms with Gasteiger partial charge in [0.25, 0.3) is 0 Å². The highest BCUT2D eigenvalue weighted by atomic mass is 16.5. The van der Waals surface area contributed by atoms with Crippen LogP contribution in [0.25, 0.3) is 0 Å². The molecule has 14 heavy (non-hydrogen) atoms. The first kappa shape index (κ1) is 10.8. The fourth-order valence-corrected chi connectivity index (χ4v) is 1.53. The average molecular weight is 190 g/mol. The van der Waals surface area contributed by atoms with Crippen molar-refractivity contribution in [3.63, 3.8) is 0 Å². The number of methoxy groups -OCH3 is 1. The van der Waals surface area contributed by atoms with E-state index >= 15 is 0 Å². The van der Waals surface area contributed by atoms with E-state index in [1.807, 2.05) is 6.08 Å². The molecule has 0 atom stereocenters. The first-order valence-electron chi connectivity index (χ1n) is 5.00. The molecule has 1 aliphatic carbocycles. The summed E-state index contributed by atoms with van der Waals surface area (Å²) in [6, 6.07) is 0. The maximum atomic E-state index is 5.18. The minimum Gasteiger partial charge on any atom is -0.501 e. The quantitative estimate of drug-likeness (QED) is 0.613. The lowest BCUT2D eigenvalue weighted by atomic mass is 9.97. The molecule has 0 aromatic rings. The molecular formula is C13H18O. The third-order valence-electron chi connectivity index (χ3n) is 2.52. The van der Waals surface area contributed by atoms with Crippen LogP contribution in [-0.2, 0) is 4.74 Å². The molecule has 1 heteroatoms. The molecule has 0 heterocycles. The predicted molar refractivity (Wildman–Crippen MR) is 61.0 cm³/mol.